The van der Waals surface area contributed by atoms with Crippen LogP contribution in [0.15, 0.2) is 91.0 Å². The number of rotatable bonds is 1. The monoisotopic (exact) mass is 429 g/mol. The minimum Gasteiger partial charge on any atom is -0.274 e. The first kappa shape index (κ1) is 18.8. The fourth-order valence-electron chi connectivity index (χ4n) is 7.21. The van der Waals surface area contributed by atoms with Crippen LogP contribution in [-0.4, -0.2) is 11.8 Å². The van der Waals surface area contributed by atoms with Crippen LogP contribution in [0.5, 0.6) is 0 Å². The van der Waals surface area contributed by atoms with Gasteiger partial charge >= 0.3 is 0 Å². The Kier molecular flexibility index (Phi) is 3.41. The van der Waals surface area contributed by atoms with E-state index >= 15 is 0 Å². The van der Waals surface area contributed by atoms with E-state index in [4.69, 9.17) is 0 Å². The summed E-state index contributed by atoms with van der Waals surface area (Å²) in [5, 5.41) is 1.95. The molecule has 0 N–H and O–H groups in total. The highest BCUT2D eigenvalue weighted by atomic mass is 16.2. The van der Waals surface area contributed by atoms with Crippen LogP contribution in [0.1, 0.15) is 36.1 Å². The second-order valence-electron chi connectivity index (χ2n) is 9.96. The number of hydrogen-bond acceptors (Lipinski definition) is 2. The zero-order chi connectivity index (χ0) is 22.5. The number of nitrogens with zero attached hydrogens (tertiary/aromatic N) is 1. The van der Waals surface area contributed by atoms with Crippen LogP contribution in [0.3, 0.4) is 0 Å². The van der Waals surface area contributed by atoms with E-state index in [-0.39, 0.29) is 11.8 Å². The maximum atomic E-state index is 14.3. The molecule has 1 fully saturated rings. The van der Waals surface area contributed by atoms with Crippen molar-refractivity contribution in [3.05, 3.63) is 113 Å². The third kappa shape index (κ3) is 1.98. The molecular weight excluding hydrogens is 406 g/mol. The predicted molar refractivity (Wildman–Crippen MR) is 129 cm³/mol. The topological polar surface area (TPSA) is 37.4 Å². The maximum absolute atomic E-state index is 14.3. The molecule has 2 atom stereocenters. The molecule has 33 heavy (non-hydrogen) atoms. The van der Waals surface area contributed by atoms with E-state index in [0.29, 0.717) is 5.69 Å². The molecule has 0 spiro atoms. The van der Waals surface area contributed by atoms with Crippen molar-refractivity contribution in [3.8, 4) is 0 Å². The van der Waals surface area contributed by atoms with E-state index in [1.807, 2.05) is 42.5 Å². The van der Waals surface area contributed by atoms with Gasteiger partial charge in [0.25, 0.3) is 0 Å². The zero-order valence-corrected chi connectivity index (χ0v) is 18.6. The molecule has 0 aromatic heterocycles. The van der Waals surface area contributed by atoms with E-state index in [1.165, 1.54) is 27.2 Å². The van der Waals surface area contributed by atoms with Gasteiger partial charge in [-0.2, -0.15) is 0 Å². The lowest BCUT2D eigenvalue weighted by Gasteiger charge is -2.57. The molecule has 0 radical (unpaired) electrons. The summed E-state index contributed by atoms with van der Waals surface area (Å²) in [5.41, 5.74) is 4.28. The normalized spacial score (nSPS) is 29.2. The Hall–Kier alpha value is -3.72. The highest BCUT2D eigenvalue weighted by Gasteiger charge is 2.70. The van der Waals surface area contributed by atoms with Gasteiger partial charge in [0, 0.05) is 16.2 Å². The second kappa shape index (κ2) is 5.99. The van der Waals surface area contributed by atoms with E-state index in [0.717, 1.165) is 10.8 Å². The molecule has 0 unspecified atom stereocenters. The van der Waals surface area contributed by atoms with Crippen molar-refractivity contribution in [2.75, 3.05) is 4.90 Å². The molecule has 2 amide bonds. The molecule has 4 aromatic carbocycles. The average molecular weight is 430 g/mol. The first-order valence-corrected chi connectivity index (χ1v) is 11.5. The Morgan fingerprint density at radius 1 is 0.576 bits per heavy atom. The summed E-state index contributed by atoms with van der Waals surface area (Å²) in [6.07, 6.45) is 0. The molecule has 2 bridgehead atoms. The van der Waals surface area contributed by atoms with Gasteiger partial charge < -0.3 is 0 Å². The molecule has 8 rings (SSSR count). The van der Waals surface area contributed by atoms with Crippen LogP contribution < -0.4 is 4.90 Å². The predicted octanol–water partition coefficient (Wildman–Crippen LogP) is 5.58. The lowest BCUT2D eigenvalue weighted by Crippen LogP contribution is -2.59. The van der Waals surface area contributed by atoms with Crippen molar-refractivity contribution in [2.24, 2.45) is 11.8 Å². The van der Waals surface area contributed by atoms with E-state index in [2.05, 4.69) is 62.4 Å². The lowest BCUT2D eigenvalue weighted by atomic mass is 9.42. The summed E-state index contributed by atoms with van der Waals surface area (Å²) in [4.78, 5) is 30.0. The van der Waals surface area contributed by atoms with Crippen molar-refractivity contribution in [1.82, 2.24) is 0 Å². The molecule has 1 heterocycles. The molecule has 3 nitrogen and oxygen atoms in total. The van der Waals surface area contributed by atoms with Crippen LogP contribution >= 0.6 is 0 Å². The van der Waals surface area contributed by atoms with Crippen LogP contribution in [0.4, 0.5) is 5.69 Å². The summed E-state index contributed by atoms with van der Waals surface area (Å²) in [6, 6.07) is 30.6. The van der Waals surface area contributed by atoms with Crippen molar-refractivity contribution in [3.63, 3.8) is 0 Å². The molecule has 4 aromatic rings. The Morgan fingerprint density at radius 2 is 1.00 bits per heavy atom. The second-order valence-corrected chi connectivity index (χ2v) is 9.96. The number of fused-ring (bicyclic) bond motifs is 1. The number of hydrogen-bond donors (Lipinski definition) is 0. The van der Waals surface area contributed by atoms with Gasteiger partial charge in [0.1, 0.15) is 0 Å². The Balaban J connectivity index is 1.53. The van der Waals surface area contributed by atoms with Gasteiger partial charge in [0.2, 0.25) is 11.8 Å². The number of anilines is 1. The fourth-order valence-corrected chi connectivity index (χ4v) is 7.21. The zero-order valence-electron chi connectivity index (χ0n) is 18.6. The smallest absolute Gasteiger partial charge is 0.238 e. The van der Waals surface area contributed by atoms with E-state index < -0.39 is 22.7 Å². The van der Waals surface area contributed by atoms with Gasteiger partial charge in [-0.3, -0.25) is 9.59 Å². The summed E-state index contributed by atoms with van der Waals surface area (Å²) in [6.45, 7) is 4.33. The van der Waals surface area contributed by atoms with E-state index in [9.17, 15) is 9.59 Å². The van der Waals surface area contributed by atoms with Gasteiger partial charge in [-0.05, 0) is 33.7 Å². The highest BCUT2D eigenvalue weighted by Crippen LogP contribution is 2.66. The molecular formula is C30H23NO2. The molecule has 1 saturated heterocycles. The SMILES string of the molecule is CC12c3ccccc3C(C)(c3ccccc31)[C@@H]1C(=O)N(c3cccc4ccccc34)C(=O)[C@H]12. The number of imide groups is 1. The van der Waals surface area contributed by atoms with Gasteiger partial charge in [-0.15, -0.1) is 0 Å². The number of benzene rings is 4. The first-order valence-electron chi connectivity index (χ1n) is 11.5. The van der Waals surface area contributed by atoms with E-state index in [1.54, 1.807) is 0 Å². The molecule has 3 aliphatic carbocycles. The summed E-state index contributed by atoms with van der Waals surface area (Å²) in [7, 11) is 0. The summed E-state index contributed by atoms with van der Waals surface area (Å²) >= 11 is 0. The van der Waals surface area contributed by atoms with Crippen LogP contribution in [0.25, 0.3) is 10.8 Å². The Morgan fingerprint density at radius 3 is 1.52 bits per heavy atom. The minimum atomic E-state index is -0.554. The number of carbonyl (C=O) groups is 2. The van der Waals surface area contributed by atoms with Gasteiger partial charge in [0.15, 0.2) is 0 Å². The quantitative estimate of drug-likeness (QED) is 0.370. The molecule has 4 aliphatic rings. The summed E-state index contributed by atoms with van der Waals surface area (Å²) in [5.74, 6) is -1.03. The van der Waals surface area contributed by atoms with Crippen LogP contribution in [0.2, 0.25) is 0 Å². The lowest BCUT2D eigenvalue weighted by molar-refractivity contribution is -0.124. The van der Waals surface area contributed by atoms with Gasteiger partial charge in [-0.1, -0.05) is 98.8 Å². The number of amides is 2. The molecule has 3 heteroatoms. The third-order valence-corrected chi connectivity index (χ3v) is 8.65. The third-order valence-electron chi connectivity index (χ3n) is 8.65. The van der Waals surface area contributed by atoms with Crippen molar-refractivity contribution >= 4 is 28.3 Å². The molecule has 0 saturated carbocycles. The Bertz CT molecular complexity index is 1390. The van der Waals surface area contributed by atoms with Crippen molar-refractivity contribution in [1.29, 1.82) is 0 Å². The highest BCUT2D eigenvalue weighted by molar-refractivity contribution is 6.26. The average Bonchev–Trinajstić information content (AvgIpc) is 3.13. The van der Waals surface area contributed by atoms with Gasteiger partial charge in [0.05, 0.1) is 17.5 Å². The van der Waals surface area contributed by atoms with Crippen molar-refractivity contribution < 1.29 is 9.59 Å². The van der Waals surface area contributed by atoms with Crippen molar-refractivity contribution in [2.45, 2.75) is 24.7 Å². The summed E-state index contributed by atoms with van der Waals surface area (Å²) < 4.78 is 0. The largest absolute Gasteiger partial charge is 0.274 e. The van der Waals surface area contributed by atoms with Crippen LogP contribution in [0, 0.1) is 11.8 Å². The minimum absolute atomic E-state index is 0.0842. The maximum Gasteiger partial charge on any atom is 0.238 e. The molecule has 160 valence electrons. The van der Waals surface area contributed by atoms with Crippen LogP contribution in [-0.2, 0) is 20.4 Å². The van der Waals surface area contributed by atoms with Gasteiger partial charge in [-0.25, -0.2) is 4.90 Å². The molecule has 1 aliphatic heterocycles. The Labute approximate surface area is 192 Å². The fraction of sp³-hybridized carbons (Fsp3) is 0.200. The first-order chi connectivity index (χ1) is 16.0. The number of carbonyl (C=O) groups excluding carboxylic acids is 2. The standard InChI is InChI=1S/C30H23NO2/c1-29-20-13-5-7-15-22(20)30(2,23-16-8-6-14-21(23)29)26-25(29)27(32)31(28(26)33)24-17-9-11-18-10-3-4-12-19(18)24/h3-17,25-26H,1-2H3/t25-,26-,29?,30?/m0/s1.